The lowest BCUT2D eigenvalue weighted by Crippen LogP contribution is -2.57. The van der Waals surface area contributed by atoms with Gasteiger partial charge in [0.1, 0.15) is 5.78 Å². The van der Waals surface area contributed by atoms with Crippen molar-refractivity contribution in [2.24, 2.45) is 0 Å². The molecule has 2 saturated heterocycles. The number of carbonyl (C=O) groups is 1. The average molecular weight is 182 g/mol. The minimum Gasteiger partial charge on any atom is -0.437 e. The fourth-order valence-corrected chi connectivity index (χ4v) is 2.52. The smallest absolute Gasteiger partial charge is 0.376 e. The van der Waals surface area contributed by atoms with Crippen LogP contribution in [0.2, 0.25) is 6.82 Å². The van der Waals surface area contributed by atoms with Crippen LogP contribution in [-0.2, 0) is 4.79 Å². The highest BCUT2D eigenvalue weighted by atomic mass is 16.2. The zero-order valence-corrected chi connectivity index (χ0v) is 8.03. The van der Waals surface area contributed by atoms with Crippen molar-refractivity contribution in [1.29, 1.82) is 0 Å². The number of Topliss-reactive ketones (excluding diaryl/α,β-unsaturated/α-hetero) is 1. The van der Waals surface area contributed by atoms with Crippen molar-refractivity contribution in [2.75, 3.05) is 6.54 Å². The molecule has 0 saturated carbocycles. The van der Waals surface area contributed by atoms with Crippen molar-refractivity contribution in [3.63, 3.8) is 0 Å². The maximum absolute atomic E-state index is 11.2. The molecule has 0 spiro atoms. The van der Waals surface area contributed by atoms with Crippen LogP contribution < -0.4 is 5.32 Å². The Morgan fingerprint density at radius 3 is 2.85 bits per heavy atom. The summed E-state index contributed by atoms with van der Waals surface area (Å²) < 4.78 is 0. The third kappa shape index (κ3) is 1.41. The van der Waals surface area contributed by atoms with Crippen LogP contribution in [0.3, 0.4) is 0 Å². The van der Waals surface area contributed by atoms with Crippen molar-refractivity contribution in [3.05, 3.63) is 0 Å². The Hall–Kier alpha value is -0.385. The molecule has 0 radical (unpaired) electrons. The number of hydrogen-bond donors (Lipinski definition) is 2. The summed E-state index contributed by atoms with van der Waals surface area (Å²) in [4.78, 5) is 13.2. The SMILES string of the molecule is CB(O)N1CC2CC1[C@H](C(C)=O)N2. The van der Waals surface area contributed by atoms with Crippen LogP contribution in [0, 0.1) is 0 Å². The molecule has 72 valence electrons. The fourth-order valence-electron chi connectivity index (χ4n) is 2.52. The highest BCUT2D eigenvalue weighted by Crippen LogP contribution is 2.28. The van der Waals surface area contributed by atoms with Crippen LogP contribution in [0.15, 0.2) is 0 Å². The molecule has 2 bridgehead atoms. The third-order valence-electron chi connectivity index (χ3n) is 3.10. The normalized spacial score (nSPS) is 38.2. The number of fused-ring (bicyclic) bond motifs is 2. The molecular formula is C8H15BN2O2. The number of ketones is 1. The largest absolute Gasteiger partial charge is 0.437 e. The van der Waals surface area contributed by atoms with E-state index < -0.39 is 7.05 Å². The van der Waals surface area contributed by atoms with Crippen LogP contribution in [0.5, 0.6) is 0 Å². The summed E-state index contributed by atoms with van der Waals surface area (Å²) in [6.45, 7) is 4.24. The van der Waals surface area contributed by atoms with E-state index in [4.69, 9.17) is 0 Å². The molecule has 2 heterocycles. The van der Waals surface area contributed by atoms with E-state index in [-0.39, 0.29) is 17.9 Å². The van der Waals surface area contributed by atoms with Gasteiger partial charge in [-0.1, -0.05) is 0 Å². The first kappa shape index (κ1) is 9.18. The van der Waals surface area contributed by atoms with Gasteiger partial charge >= 0.3 is 7.05 Å². The molecule has 3 atom stereocenters. The van der Waals surface area contributed by atoms with Gasteiger partial charge < -0.3 is 15.2 Å². The number of nitrogens with zero attached hydrogens (tertiary/aromatic N) is 1. The summed E-state index contributed by atoms with van der Waals surface area (Å²) in [7, 11) is -0.432. The van der Waals surface area contributed by atoms with Gasteiger partial charge in [0, 0.05) is 18.6 Å². The van der Waals surface area contributed by atoms with E-state index in [9.17, 15) is 9.82 Å². The van der Waals surface area contributed by atoms with Gasteiger partial charge in [0.05, 0.1) is 6.04 Å². The molecule has 2 fully saturated rings. The van der Waals surface area contributed by atoms with Crippen LogP contribution >= 0.6 is 0 Å². The predicted molar refractivity (Wildman–Crippen MR) is 50.3 cm³/mol. The van der Waals surface area contributed by atoms with E-state index in [1.165, 1.54) is 0 Å². The molecule has 0 aromatic heterocycles. The minimum absolute atomic E-state index is 0.0617. The molecule has 0 aromatic rings. The van der Waals surface area contributed by atoms with E-state index in [0.717, 1.165) is 13.0 Å². The summed E-state index contributed by atoms with van der Waals surface area (Å²) in [6.07, 6.45) is 0.995. The third-order valence-corrected chi connectivity index (χ3v) is 3.10. The molecule has 2 rings (SSSR count). The maximum Gasteiger partial charge on any atom is 0.376 e. The first-order valence-electron chi connectivity index (χ1n) is 4.80. The van der Waals surface area contributed by atoms with E-state index in [2.05, 4.69) is 5.32 Å². The second-order valence-electron chi connectivity index (χ2n) is 4.08. The van der Waals surface area contributed by atoms with Gasteiger partial charge in [-0.2, -0.15) is 0 Å². The van der Waals surface area contributed by atoms with Gasteiger partial charge in [-0.3, -0.25) is 4.79 Å². The Labute approximate surface area is 78.4 Å². The molecule has 2 aliphatic heterocycles. The van der Waals surface area contributed by atoms with Gasteiger partial charge in [-0.15, -0.1) is 0 Å². The minimum atomic E-state index is -0.432. The molecule has 4 nitrogen and oxygen atoms in total. The summed E-state index contributed by atoms with van der Waals surface area (Å²) >= 11 is 0. The lowest BCUT2D eigenvalue weighted by Gasteiger charge is -2.33. The second-order valence-corrected chi connectivity index (χ2v) is 4.08. The molecule has 2 aliphatic rings. The standard InChI is InChI=1S/C8H15BN2O2/c1-5(12)8-7-3-6(10-8)4-11(7)9(2)13/h6-8,10,13H,3-4H2,1-2H3/t6?,7?,8-/m0/s1. The molecule has 0 amide bonds. The number of carbonyl (C=O) groups excluding carboxylic acids is 1. The zero-order valence-electron chi connectivity index (χ0n) is 8.03. The van der Waals surface area contributed by atoms with Crippen LogP contribution in [0.4, 0.5) is 0 Å². The Bertz CT molecular complexity index is 234. The lowest BCUT2D eigenvalue weighted by atomic mass is 9.82. The van der Waals surface area contributed by atoms with Crippen LogP contribution in [0.25, 0.3) is 0 Å². The van der Waals surface area contributed by atoms with E-state index in [1.807, 2.05) is 4.81 Å². The Morgan fingerprint density at radius 2 is 2.38 bits per heavy atom. The van der Waals surface area contributed by atoms with Crippen molar-refractivity contribution in [3.8, 4) is 0 Å². The molecule has 0 aliphatic carbocycles. The topological polar surface area (TPSA) is 52.6 Å². The average Bonchev–Trinajstić information content (AvgIpc) is 2.60. The Balaban J connectivity index is 2.10. The van der Waals surface area contributed by atoms with Gasteiger partial charge in [-0.05, 0) is 20.2 Å². The van der Waals surface area contributed by atoms with Gasteiger partial charge in [-0.25, -0.2) is 0 Å². The summed E-state index contributed by atoms with van der Waals surface area (Å²) in [5.41, 5.74) is 0. The fraction of sp³-hybridized carbons (Fsp3) is 0.875. The summed E-state index contributed by atoms with van der Waals surface area (Å²) in [5, 5.41) is 12.7. The second kappa shape index (κ2) is 3.08. The number of nitrogens with one attached hydrogen (secondary N) is 1. The summed E-state index contributed by atoms with van der Waals surface area (Å²) in [5.74, 6) is 0.179. The first-order chi connectivity index (χ1) is 6.09. The maximum atomic E-state index is 11.2. The molecule has 0 aromatic carbocycles. The number of hydrogen-bond acceptors (Lipinski definition) is 4. The van der Waals surface area contributed by atoms with Crippen molar-refractivity contribution < 1.29 is 9.82 Å². The Morgan fingerprint density at radius 1 is 1.69 bits per heavy atom. The van der Waals surface area contributed by atoms with Crippen molar-refractivity contribution in [1.82, 2.24) is 10.1 Å². The zero-order chi connectivity index (χ0) is 9.59. The van der Waals surface area contributed by atoms with Gasteiger partial charge in [0.15, 0.2) is 0 Å². The molecule has 13 heavy (non-hydrogen) atoms. The molecule has 2 unspecified atom stereocenters. The van der Waals surface area contributed by atoms with E-state index >= 15 is 0 Å². The predicted octanol–water partition coefficient (Wildman–Crippen LogP) is -0.900. The highest BCUT2D eigenvalue weighted by molar-refractivity contribution is 6.45. The van der Waals surface area contributed by atoms with Crippen molar-refractivity contribution in [2.45, 2.75) is 38.3 Å². The van der Waals surface area contributed by atoms with Gasteiger partial charge in [0.25, 0.3) is 0 Å². The van der Waals surface area contributed by atoms with Crippen LogP contribution in [-0.4, -0.2) is 47.3 Å². The van der Waals surface area contributed by atoms with E-state index in [1.54, 1.807) is 13.7 Å². The Kier molecular flexibility index (Phi) is 2.17. The highest BCUT2D eigenvalue weighted by Gasteiger charge is 2.48. The summed E-state index contributed by atoms with van der Waals surface area (Å²) in [6, 6.07) is 0.546. The quantitative estimate of drug-likeness (QED) is 0.543. The van der Waals surface area contributed by atoms with E-state index in [0.29, 0.717) is 6.04 Å². The molecule has 2 N–H and O–H groups in total. The van der Waals surface area contributed by atoms with Crippen molar-refractivity contribution >= 4 is 12.8 Å². The molecular weight excluding hydrogens is 167 g/mol. The number of piperazine rings is 1. The monoisotopic (exact) mass is 182 g/mol. The first-order valence-corrected chi connectivity index (χ1v) is 4.80. The molecule has 5 heteroatoms. The van der Waals surface area contributed by atoms with Crippen LogP contribution in [0.1, 0.15) is 13.3 Å². The lowest BCUT2D eigenvalue weighted by molar-refractivity contribution is -0.119. The number of rotatable bonds is 2. The van der Waals surface area contributed by atoms with Gasteiger partial charge in [0.2, 0.25) is 0 Å².